The molecule has 0 aliphatic heterocycles. The zero-order chi connectivity index (χ0) is 21.0. The van der Waals surface area contributed by atoms with Gasteiger partial charge >= 0.3 is 0 Å². The molecule has 0 atom stereocenters. The highest BCUT2D eigenvalue weighted by Crippen LogP contribution is 2.33. The molecule has 1 aliphatic rings. The molecular weight excluding hydrogens is 364 g/mol. The van der Waals surface area contributed by atoms with Gasteiger partial charge in [0.25, 0.3) is 0 Å². The molecule has 0 heterocycles. The fourth-order valence-electron chi connectivity index (χ4n) is 4.75. The average Bonchev–Trinajstić information content (AvgIpc) is 2.79. The van der Waals surface area contributed by atoms with Crippen LogP contribution in [0.25, 0.3) is 11.1 Å². The van der Waals surface area contributed by atoms with Crippen LogP contribution in [-0.4, -0.2) is 6.61 Å². The molecule has 1 nitrogen and oxygen atoms in total. The first kappa shape index (κ1) is 22.8. The van der Waals surface area contributed by atoms with E-state index in [1.165, 1.54) is 80.0 Å². The minimum atomic E-state index is 0.712. The Hall–Kier alpha value is -1.86. The Labute approximate surface area is 184 Å². The normalized spacial score (nSPS) is 19.0. The summed E-state index contributed by atoms with van der Waals surface area (Å²) in [6.45, 7) is 7.58. The van der Waals surface area contributed by atoms with Crippen molar-refractivity contribution in [3.8, 4) is 11.1 Å². The van der Waals surface area contributed by atoms with E-state index in [0.717, 1.165) is 24.9 Å². The Morgan fingerprint density at radius 2 is 1.43 bits per heavy atom. The van der Waals surface area contributed by atoms with Crippen molar-refractivity contribution in [3.05, 3.63) is 72.3 Å². The zero-order valence-corrected chi connectivity index (χ0v) is 19.0. The summed E-state index contributed by atoms with van der Waals surface area (Å²) in [4.78, 5) is 0. The number of rotatable bonds is 12. The van der Waals surface area contributed by atoms with E-state index in [1.807, 2.05) is 0 Å². The molecule has 1 fully saturated rings. The topological polar surface area (TPSA) is 9.23 Å². The van der Waals surface area contributed by atoms with E-state index in [0.29, 0.717) is 6.61 Å². The standard InChI is InChI=1S/C29H40O/c1-3-7-24-10-12-25(13-11-24)8-5-6-9-26-14-18-28(19-15-26)29-20-16-27(17-21-29)23-30-22-4-2/h3,14-21,24-25H,1,4-13,22-23H2,2H3/t24-,25-. The van der Waals surface area contributed by atoms with Crippen molar-refractivity contribution in [2.45, 2.75) is 77.7 Å². The van der Waals surface area contributed by atoms with Crippen molar-refractivity contribution >= 4 is 0 Å². The second-order valence-corrected chi connectivity index (χ2v) is 9.10. The van der Waals surface area contributed by atoms with Gasteiger partial charge in [0, 0.05) is 6.61 Å². The Kier molecular flexibility index (Phi) is 9.70. The Bertz CT molecular complexity index is 720. The van der Waals surface area contributed by atoms with Gasteiger partial charge in [0.15, 0.2) is 0 Å². The van der Waals surface area contributed by atoms with Crippen molar-refractivity contribution in [2.24, 2.45) is 11.8 Å². The van der Waals surface area contributed by atoms with Crippen LogP contribution >= 0.6 is 0 Å². The maximum atomic E-state index is 5.63. The van der Waals surface area contributed by atoms with Crippen molar-refractivity contribution in [3.63, 3.8) is 0 Å². The molecule has 0 unspecified atom stereocenters. The van der Waals surface area contributed by atoms with Gasteiger partial charge in [-0.05, 0) is 72.6 Å². The number of unbranched alkanes of at least 4 members (excludes halogenated alkanes) is 1. The summed E-state index contributed by atoms with van der Waals surface area (Å²) in [6, 6.07) is 18.0. The van der Waals surface area contributed by atoms with E-state index in [1.54, 1.807) is 0 Å². The van der Waals surface area contributed by atoms with Gasteiger partial charge in [-0.2, -0.15) is 0 Å². The SMILES string of the molecule is C=CC[C@H]1CC[C@H](CCCCc2ccc(-c3ccc(COCCC)cc3)cc2)CC1. The number of hydrogen-bond acceptors (Lipinski definition) is 1. The third-order valence-electron chi connectivity index (χ3n) is 6.65. The lowest BCUT2D eigenvalue weighted by atomic mass is 9.78. The fraction of sp³-hybridized carbons (Fsp3) is 0.517. The lowest BCUT2D eigenvalue weighted by molar-refractivity contribution is 0.121. The summed E-state index contributed by atoms with van der Waals surface area (Å²) < 4.78 is 5.63. The molecule has 2 aromatic rings. The molecule has 0 aromatic heterocycles. The van der Waals surface area contributed by atoms with Crippen LogP contribution in [0.2, 0.25) is 0 Å². The molecule has 30 heavy (non-hydrogen) atoms. The smallest absolute Gasteiger partial charge is 0.0716 e. The molecule has 0 bridgehead atoms. The van der Waals surface area contributed by atoms with Gasteiger partial charge in [-0.25, -0.2) is 0 Å². The molecule has 3 rings (SSSR count). The average molecular weight is 405 g/mol. The highest BCUT2D eigenvalue weighted by molar-refractivity contribution is 5.63. The summed E-state index contributed by atoms with van der Waals surface area (Å²) in [7, 11) is 0. The Morgan fingerprint density at radius 1 is 0.833 bits per heavy atom. The number of aryl methyl sites for hydroxylation is 1. The number of benzene rings is 2. The second kappa shape index (κ2) is 12.7. The van der Waals surface area contributed by atoms with Crippen molar-refractivity contribution < 1.29 is 4.74 Å². The molecule has 1 saturated carbocycles. The van der Waals surface area contributed by atoms with Gasteiger partial charge in [-0.15, -0.1) is 6.58 Å². The molecule has 162 valence electrons. The molecule has 0 amide bonds. The first-order valence-electron chi connectivity index (χ1n) is 12.2. The summed E-state index contributed by atoms with van der Waals surface area (Å²) in [6.07, 6.45) is 15.4. The number of ether oxygens (including phenoxy) is 1. The lowest BCUT2D eigenvalue weighted by Crippen LogP contribution is -2.14. The summed E-state index contributed by atoms with van der Waals surface area (Å²) in [5.41, 5.74) is 5.31. The van der Waals surface area contributed by atoms with Gasteiger partial charge in [0.05, 0.1) is 6.61 Å². The van der Waals surface area contributed by atoms with Crippen LogP contribution in [0, 0.1) is 11.8 Å². The van der Waals surface area contributed by atoms with Gasteiger partial charge in [-0.3, -0.25) is 0 Å². The predicted molar refractivity (Wildman–Crippen MR) is 130 cm³/mol. The minimum absolute atomic E-state index is 0.712. The first-order chi connectivity index (χ1) is 14.8. The molecule has 0 radical (unpaired) electrons. The van der Waals surface area contributed by atoms with Gasteiger partial charge in [0.1, 0.15) is 0 Å². The molecular formula is C29H40O. The Morgan fingerprint density at radius 3 is 2.03 bits per heavy atom. The number of allylic oxidation sites excluding steroid dienone is 1. The van der Waals surface area contributed by atoms with Crippen LogP contribution in [0.4, 0.5) is 0 Å². The van der Waals surface area contributed by atoms with Crippen molar-refractivity contribution in [1.29, 1.82) is 0 Å². The summed E-state index contributed by atoms with van der Waals surface area (Å²) in [5, 5.41) is 0. The van der Waals surface area contributed by atoms with Crippen molar-refractivity contribution in [2.75, 3.05) is 6.61 Å². The first-order valence-corrected chi connectivity index (χ1v) is 12.2. The van der Waals surface area contributed by atoms with Crippen LogP contribution in [0.5, 0.6) is 0 Å². The van der Waals surface area contributed by atoms with E-state index in [4.69, 9.17) is 4.74 Å². The zero-order valence-electron chi connectivity index (χ0n) is 19.0. The van der Waals surface area contributed by atoms with Gasteiger partial charge in [0.2, 0.25) is 0 Å². The minimum Gasteiger partial charge on any atom is -0.377 e. The molecule has 0 saturated heterocycles. The number of hydrogen-bond donors (Lipinski definition) is 0. The molecule has 0 N–H and O–H groups in total. The molecule has 0 spiro atoms. The second-order valence-electron chi connectivity index (χ2n) is 9.10. The van der Waals surface area contributed by atoms with Crippen LogP contribution < -0.4 is 0 Å². The van der Waals surface area contributed by atoms with E-state index in [-0.39, 0.29) is 0 Å². The van der Waals surface area contributed by atoms with Crippen molar-refractivity contribution in [1.82, 2.24) is 0 Å². The molecule has 1 aliphatic carbocycles. The summed E-state index contributed by atoms with van der Waals surface area (Å²) in [5.74, 6) is 1.90. The van der Waals surface area contributed by atoms with Crippen LogP contribution in [0.15, 0.2) is 61.2 Å². The van der Waals surface area contributed by atoms with Crippen LogP contribution in [-0.2, 0) is 17.8 Å². The highest BCUT2D eigenvalue weighted by atomic mass is 16.5. The largest absolute Gasteiger partial charge is 0.377 e. The highest BCUT2D eigenvalue weighted by Gasteiger charge is 2.19. The van der Waals surface area contributed by atoms with E-state index in [2.05, 4.69) is 68.1 Å². The van der Waals surface area contributed by atoms with Gasteiger partial charge in [-0.1, -0.05) is 87.2 Å². The predicted octanol–water partition coefficient (Wildman–Crippen LogP) is 8.38. The quantitative estimate of drug-likeness (QED) is 0.255. The third kappa shape index (κ3) is 7.43. The lowest BCUT2D eigenvalue weighted by Gasteiger charge is -2.27. The van der Waals surface area contributed by atoms with Gasteiger partial charge < -0.3 is 4.74 Å². The summed E-state index contributed by atoms with van der Waals surface area (Å²) >= 11 is 0. The third-order valence-corrected chi connectivity index (χ3v) is 6.65. The van der Waals surface area contributed by atoms with E-state index >= 15 is 0 Å². The maximum Gasteiger partial charge on any atom is 0.0716 e. The van der Waals surface area contributed by atoms with E-state index in [9.17, 15) is 0 Å². The molecule has 2 aromatic carbocycles. The van der Waals surface area contributed by atoms with E-state index < -0.39 is 0 Å². The molecule has 1 heteroatoms. The monoisotopic (exact) mass is 404 g/mol. The maximum absolute atomic E-state index is 5.63. The van der Waals surface area contributed by atoms with Crippen LogP contribution in [0.3, 0.4) is 0 Å². The Balaban J connectivity index is 1.37. The van der Waals surface area contributed by atoms with Crippen LogP contribution in [0.1, 0.15) is 75.8 Å². The fourth-order valence-corrected chi connectivity index (χ4v) is 4.75.